The number of pyridine rings is 1. The number of carbonyl (C=O) groups is 2. The Morgan fingerprint density at radius 1 is 1.50 bits per heavy atom. The van der Waals surface area contributed by atoms with Crippen LogP contribution >= 0.6 is 0 Å². The summed E-state index contributed by atoms with van der Waals surface area (Å²) in [5.74, 6) is -0.925. The summed E-state index contributed by atoms with van der Waals surface area (Å²) in [6.07, 6.45) is 4.37. The Kier molecular flexibility index (Phi) is 3.60. The second kappa shape index (κ2) is 4.74. The number of primary amides is 1. The first-order chi connectivity index (χ1) is 7.42. The molecule has 0 atom stereocenters. The van der Waals surface area contributed by atoms with Crippen LogP contribution in [0.2, 0.25) is 0 Å². The molecule has 0 aromatic carbocycles. The lowest BCUT2D eigenvalue weighted by Crippen LogP contribution is -2.35. The Morgan fingerprint density at radius 2 is 2.19 bits per heavy atom. The van der Waals surface area contributed by atoms with Crippen LogP contribution in [0.3, 0.4) is 0 Å². The normalized spacial score (nSPS) is 10.9. The van der Waals surface area contributed by atoms with Crippen LogP contribution in [0.4, 0.5) is 5.69 Å². The van der Waals surface area contributed by atoms with Gasteiger partial charge in [0.15, 0.2) is 0 Å². The number of rotatable bonds is 4. The Labute approximate surface area is 94.1 Å². The van der Waals surface area contributed by atoms with Gasteiger partial charge in [0.05, 0.1) is 23.7 Å². The summed E-state index contributed by atoms with van der Waals surface area (Å²) in [4.78, 5) is 26.4. The van der Waals surface area contributed by atoms with Crippen LogP contribution in [-0.2, 0) is 9.59 Å². The fraction of sp³-hybridized carbons (Fsp3) is 0.273. The second-order valence-electron chi connectivity index (χ2n) is 3.96. The highest BCUT2D eigenvalue weighted by Crippen LogP contribution is 2.19. The van der Waals surface area contributed by atoms with E-state index in [2.05, 4.69) is 10.3 Å². The number of anilines is 1. The van der Waals surface area contributed by atoms with Crippen LogP contribution in [0, 0.1) is 11.8 Å². The summed E-state index contributed by atoms with van der Waals surface area (Å²) in [5, 5.41) is 2.59. The number of nitrogens with zero attached hydrogens (tertiary/aromatic N) is 1. The summed E-state index contributed by atoms with van der Waals surface area (Å²) in [7, 11) is 0. The number of amides is 2. The molecule has 3 N–H and O–H groups in total. The molecule has 85 valence electrons. The minimum absolute atomic E-state index is 0.378. The first kappa shape index (κ1) is 12.2. The van der Waals surface area contributed by atoms with Gasteiger partial charge in [-0.3, -0.25) is 14.6 Å². The van der Waals surface area contributed by atoms with Crippen molar-refractivity contribution in [2.75, 3.05) is 5.32 Å². The molecule has 5 heteroatoms. The van der Waals surface area contributed by atoms with Gasteiger partial charge in [-0.15, -0.1) is 0 Å². The minimum Gasteiger partial charge on any atom is -0.369 e. The highest BCUT2D eigenvalue weighted by atomic mass is 16.2. The molecule has 1 rings (SSSR count). The smallest absolute Gasteiger partial charge is 0.229 e. The summed E-state index contributed by atoms with van der Waals surface area (Å²) in [6, 6.07) is 3.41. The van der Waals surface area contributed by atoms with Crippen LogP contribution in [-0.4, -0.2) is 16.8 Å². The number of nitrogens with one attached hydrogen (secondary N) is 1. The van der Waals surface area contributed by atoms with Crippen molar-refractivity contribution in [1.29, 1.82) is 0 Å². The second-order valence-corrected chi connectivity index (χ2v) is 3.96. The van der Waals surface area contributed by atoms with E-state index in [9.17, 15) is 9.59 Å². The summed E-state index contributed by atoms with van der Waals surface area (Å²) >= 11 is 0. The summed E-state index contributed by atoms with van der Waals surface area (Å²) in [5.41, 5.74) is 4.76. The fourth-order valence-corrected chi connectivity index (χ4v) is 1.01. The largest absolute Gasteiger partial charge is 0.369 e. The van der Waals surface area contributed by atoms with Crippen LogP contribution < -0.4 is 11.1 Å². The molecule has 0 saturated carbocycles. The monoisotopic (exact) mass is 220 g/mol. The van der Waals surface area contributed by atoms with Crippen molar-refractivity contribution in [2.45, 2.75) is 13.8 Å². The Hall–Kier alpha value is -1.91. The van der Waals surface area contributed by atoms with E-state index in [0.29, 0.717) is 5.69 Å². The molecule has 5 nitrogen and oxygen atoms in total. The lowest BCUT2D eigenvalue weighted by molar-refractivity contribution is -0.127. The van der Waals surface area contributed by atoms with Gasteiger partial charge in [-0.25, -0.2) is 0 Å². The molecule has 2 amide bonds. The molecule has 16 heavy (non-hydrogen) atoms. The Balaban J connectivity index is 2.58. The Bertz CT molecular complexity index is 387. The van der Waals surface area contributed by atoms with Crippen molar-refractivity contribution in [3.8, 4) is 0 Å². The van der Waals surface area contributed by atoms with Crippen molar-refractivity contribution in [1.82, 2.24) is 4.98 Å². The molecule has 0 bridgehead atoms. The molecule has 1 aromatic heterocycles. The first-order valence-electron chi connectivity index (χ1n) is 4.78. The Morgan fingerprint density at radius 3 is 2.69 bits per heavy atom. The van der Waals surface area contributed by atoms with E-state index in [1.165, 1.54) is 12.6 Å². The molecule has 0 fully saturated rings. The molecule has 1 radical (unpaired) electrons. The minimum atomic E-state index is -0.966. The molecule has 0 saturated heterocycles. The lowest BCUT2D eigenvalue weighted by atomic mass is 9.88. The molecule has 1 aromatic rings. The molecule has 0 aliphatic heterocycles. The molecule has 0 aliphatic carbocycles. The lowest BCUT2D eigenvalue weighted by Gasteiger charge is -2.18. The summed E-state index contributed by atoms with van der Waals surface area (Å²) < 4.78 is 0. The molecular formula is C11H14N3O2. The van der Waals surface area contributed by atoms with Crippen molar-refractivity contribution in [3.05, 3.63) is 30.9 Å². The van der Waals surface area contributed by atoms with Crippen LogP contribution in [0.15, 0.2) is 24.5 Å². The molecular weight excluding hydrogens is 206 g/mol. The van der Waals surface area contributed by atoms with E-state index in [0.717, 1.165) is 0 Å². The first-order valence-corrected chi connectivity index (χ1v) is 4.78. The highest BCUT2D eigenvalue weighted by Gasteiger charge is 2.28. The van der Waals surface area contributed by atoms with Gasteiger partial charge in [-0.2, -0.15) is 0 Å². The maximum atomic E-state index is 11.5. The highest BCUT2D eigenvalue weighted by molar-refractivity contribution is 6.01. The van der Waals surface area contributed by atoms with E-state index >= 15 is 0 Å². The van der Waals surface area contributed by atoms with Gasteiger partial charge < -0.3 is 11.1 Å². The zero-order valence-corrected chi connectivity index (χ0v) is 9.23. The van der Waals surface area contributed by atoms with Crippen LogP contribution in [0.5, 0.6) is 0 Å². The van der Waals surface area contributed by atoms with Gasteiger partial charge >= 0.3 is 0 Å². The zero-order chi connectivity index (χ0) is 12.2. The third-order valence-corrected chi connectivity index (χ3v) is 2.06. The molecule has 0 unspecified atom stereocenters. The molecule has 0 aliphatic rings. The van der Waals surface area contributed by atoms with Crippen molar-refractivity contribution >= 4 is 17.5 Å². The topological polar surface area (TPSA) is 85.1 Å². The number of hydrogen-bond acceptors (Lipinski definition) is 3. The maximum Gasteiger partial charge on any atom is 0.229 e. The average molecular weight is 220 g/mol. The van der Waals surface area contributed by atoms with Gasteiger partial charge in [-0.1, -0.05) is 13.8 Å². The number of nitrogens with two attached hydrogens (primary N) is 1. The van der Waals surface area contributed by atoms with Gasteiger partial charge in [0.25, 0.3) is 0 Å². The van der Waals surface area contributed by atoms with Crippen LogP contribution in [0.25, 0.3) is 0 Å². The molecule has 0 spiro atoms. The van der Waals surface area contributed by atoms with Crippen molar-refractivity contribution < 1.29 is 9.59 Å². The van der Waals surface area contributed by atoms with E-state index in [-0.39, 0.29) is 5.91 Å². The predicted octanol–water partition coefficient (Wildman–Crippen LogP) is 0.736. The predicted molar refractivity (Wildman–Crippen MR) is 60.1 cm³/mol. The van der Waals surface area contributed by atoms with Gasteiger partial charge in [0.1, 0.15) is 0 Å². The van der Waals surface area contributed by atoms with E-state index < -0.39 is 11.3 Å². The van der Waals surface area contributed by atoms with Gasteiger partial charge in [0.2, 0.25) is 11.8 Å². The van der Waals surface area contributed by atoms with Crippen molar-refractivity contribution in [2.24, 2.45) is 11.1 Å². The van der Waals surface area contributed by atoms with E-state index in [1.807, 2.05) is 0 Å². The van der Waals surface area contributed by atoms with Gasteiger partial charge in [0, 0.05) is 6.20 Å². The zero-order valence-electron chi connectivity index (χ0n) is 9.23. The maximum absolute atomic E-state index is 11.5. The third kappa shape index (κ3) is 3.34. The standard InChI is InChI=1S/C11H14N3O2/c1-11(2,10(12)16)6-9(15)14-8-4-3-5-13-7-8/h3-7H,1-2H3,(H2,12,16)(H,14,15). The molecule has 1 heterocycles. The number of aromatic nitrogens is 1. The SMILES string of the molecule is CC(C)([CH]C(=O)Nc1cccnc1)C(N)=O. The summed E-state index contributed by atoms with van der Waals surface area (Å²) in [6.45, 7) is 3.16. The number of carbonyl (C=O) groups excluding carboxylic acids is 2. The van der Waals surface area contributed by atoms with Gasteiger partial charge in [-0.05, 0) is 12.1 Å². The van der Waals surface area contributed by atoms with Crippen LogP contribution in [0.1, 0.15) is 13.8 Å². The van der Waals surface area contributed by atoms with E-state index in [4.69, 9.17) is 5.73 Å². The average Bonchev–Trinajstić information content (AvgIpc) is 2.17. The fourth-order valence-electron chi connectivity index (χ4n) is 1.01. The third-order valence-electron chi connectivity index (χ3n) is 2.06. The van der Waals surface area contributed by atoms with E-state index in [1.54, 1.807) is 32.2 Å². The van der Waals surface area contributed by atoms with Crippen molar-refractivity contribution in [3.63, 3.8) is 0 Å². The quantitative estimate of drug-likeness (QED) is 0.784. The number of hydrogen-bond donors (Lipinski definition) is 2.